The first-order valence-corrected chi connectivity index (χ1v) is 9.04. The summed E-state index contributed by atoms with van der Waals surface area (Å²) < 4.78 is 15.3. The molecule has 0 saturated heterocycles. The Balaban J connectivity index is 2.79. The Hall–Kier alpha value is -1.83. The zero-order chi connectivity index (χ0) is 20.1. The predicted molar refractivity (Wildman–Crippen MR) is 95.2 cm³/mol. The first-order chi connectivity index (χ1) is 11.9. The van der Waals surface area contributed by atoms with Gasteiger partial charge in [0.15, 0.2) is 0 Å². The largest absolute Gasteiger partial charge is 0.466 e. The number of nitrogens with two attached hydrogens (primary N) is 1. The molecule has 0 radical (unpaired) electrons. The third-order valence-electron chi connectivity index (χ3n) is 4.13. The third kappa shape index (κ3) is 6.48. The van der Waals surface area contributed by atoms with Gasteiger partial charge in [-0.05, 0) is 60.3 Å². The van der Waals surface area contributed by atoms with Crippen LogP contribution in [0.3, 0.4) is 0 Å². The van der Waals surface area contributed by atoms with E-state index in [2.05, 4.69) is 5.32 Å². The number of alkyl carbamates (subject to hydrolysis) is 1. The minimum atomic E-state index is -1.35. The van der Waals surface area contributed by atoms with E-state index in [1.807, 2.05) is 0 Å². The van der Waals surface area contributed by atoms with Crippen molar-refractivity contribution < 1.29 is 28.6 Å². The third-order valence-corrected chi connectivity index (χ3v) is 4.13. The van der Waals surface area contributed by atoms with Gasteiger partial charge in [-0.15, -0.1) is 0 Å². The second kappa shape index (κ2) is 8.70. The number of rotatable bonds is 8. The van der Waals surface area contributed by atoms with E-state index in [0.29, 0.717) is 13.0 Å². The van der Waals surface area contributed by atoms with E-state index in [1.54, 1.807) is 41.5 Å². The van der Waals surface area contributed by atoms with Crippen LogP contribution in [0.25, 0.3) is 0 Å². The summed E-state index contributed by atoms with van der Waals surface area (Å²) in [4.78, 5) is 36.4. The van der Waals surface area contributed by atoms with E-state index >= 15 is 0 Å². The lowest BCUT2D eigenvalue weighted by Crippen LogP contribution is -2.57. The van der Waals surface area contributed by atoms with Crippen LogP contribution in [0.5, 0.6) is 0 Å². The Morgan fingerprint density at radius 1 is 1.12 bits per heavy atom. The molecule has 0 spiro atoms. The van der Waals surface area contributed by atoms with Gasteiger partial charge in [-0.2, -0.15) is 0 Å². The average molecular weight is 372 g/mol. The van der Waals surface area contributed by atoms with Crippen molar-refractivity contribution >= 4 is 18.0 Å². The molecule has 8 nitrogen and oxygen atoms in total. The number of carbonyl (C=O) groups is 3. The van der Waals surface area contributed by atoms with Crippen LogP contribution in [-0.2, 0) is 23.8 Å². The lowest BCUT2D eigenvalue weighted by Gasteiger charge is -2.32. The number of hydrogen-bond acceptors (Lipinski definition) is 7. The summed E-state index contributed by atoms with van der Waals surface area (Å²) in [7, 11) is 0. The Morgan fingerprint density at radius 2 is 1.69 bits per heavy atom. The highest BCUT2D eigenvalue weighted by Crippen LogP contribution is 2.43. The Labute approximate surface area is 155 Å². The molecule has 3 N–H and O–H groups in total. The number of amides is 1. The molecule has 0 heterocycles. The average Bonchev–Trinajstić information content (AvgIpc) is 3.25. The fourth-order valence-electron chi connectivity index (χ4n) is 2.84. The van der Waals surface area contributed by atoms with Crippen LogP contribution in [0.4, 0.5) is 4.79 Å². The first-order valence-electron chi connectivity index (χ1n) is 9.04. The Morgan fingerprint density at radius 3 is 2.19 bits per heavy atom. The summed E-state index contributed by atoms with van der Waals surface area (Å²) in [6.07, 6.45) is 0.0229. The van der Waals surface area contributed by atoms with Gasteiger partial charge in [0.2, 0.25) is 0 Å². The zero-order valence-corrected chi connectivity index (χ0v) is 16.6. The van der Waals surface area contributed by atoms with E-state index in [-0.39, 0.29) is 30.8 Å². The molecule has 0 aromatic carbocycles. The van der Waals surface area contributed by atoms with Gasteiger partial charge >= 0.3 is 18.0 Å². The summed E-state index contributed by atoms with van der Waals surface area (Å²) in [5.41, 5.74) is 4.17. The molecule has 8 heteroatoms. The van der Waals surface area contributed by atoms with Gasteiger partial charge in [0.25, 0.3) is 0 Å². The van der Waals surface area contributed by atoms with Gasteiger partial charge in [-0.3, -0.25) is 4.79 Å². The fraction of sp³-hybridized carbons (Fsp3) is 0.833. The summed E-state index contributed by atoms with van der Waals surface area (Å²) >= 11 is 0. The van der Waals surface area contributed by atoms with Crippen LogP contribution in [-0.4, -0.2) is 48.4 Å². The molecule has 1 rings (SSSR count). The van der Waals surface area contributed by atoms with E-state index in [0.717, 1.165) is 0 Å². The molecule has 0 aromatic rings. The standard InChI is InChI=1S/C18H32N2O6/c1-7-24-14(21)12-9-11(12)13(19)10-18(6,15(22)25-8-2)20-16(23)26-17(3,4)5/h11-13H,7-10,19H2,1-6H3,(H,20,23)/t11-,12-,13+,18-/m1/s1. The second-order valence-electron chi connectivity index (χ2n) is 7.81. The van der Waals surface area contributed by atoms with Gasteiger partial charge in [-0.25, -0.2) is 9.59 Å². The molecular formula is C18H32N2O6. The smallest absolute Gasteiger partial charge is 0.408 e. The van der Waals surface area contributed by atoms with Crippen LogP contribution in [0.2, 0.25) is 0 Å². The van der Waals surface area contributed by atoms with Crippen molar-refractivity contribution in [2.75, 3.05) is 13.2 Å². The molecule has 1 fully saturated rings. The molecule has 0 aromatic heterocycles. The molecule has 150 valence electrons. The number of hydrogen-bond donors (Lipinski definition) is 2. The molecule has 0 bridgehead atoms. The Kier molecular flexibility index (Phi) is 7.44. The summed E-state index contributed by atoms with van der Waals surface area (Å²) in [6, 6.07) is -0.464. The lowest BCUT2D eigenvalue weighted by atomic mass is 9.90. The molecular weight excluding hydrogens is 340 g/mol. The molecule has 26 heavy (non-hydrogen) atoms. The normalized spacial score (nSPS) is 22.6. The van der Waals surface area contributed by atoms with Gasteiger partial charge in [-0.1, -0.05) is 0 Å². The molecule has 1 aliphatic carbocycles. The van der Waals surface area contributed by atoms with Crippen molar-refractivity contribution in [3.63, 3.8) is 0 Å². The van der Waals surface area contributed by atoms with Gasteiger partial charge in [0.1, 0.15) is 11.1 Å². The number of carbonyl (C=O) groups excluding carboxylic acids is 3. The number of nitrogens with one attached hydrogen (secondary N) is 1. The van der Waals surface area contributed by atoms with Gasteiger partial charge in [0, 0.05) is 6.04 Å². The summed E-state index contributed by atoms with van der Waals surface area (Å²) in [5, 5.41) is 2.59. The maximum absolute atomic E-state index is 12.4. The summed E-state index contributed by atoms with van der Waals surface area (Å²) in [6.45, 7) is 10.7. The van der Waals surface area contributed by atoms with E-state index in [9.17, 15) is 14.4 Å². The molecule has 0 unspecified atom stereocenters. The highest BCUT2D eigenvalue weighted by atomic mass is 16.6. The van der Waals surface area contributed by atoms with Crippen molar-refractivity contribution in [3.05, 3.63) is 0 Å². The zero-order valence-electron chi connectivity index (χ0n) is 16.6. The molecule has 0 aliphatic heterocycles. The SMILES string of the molecule is CCOC(=O)[C@@H]1C[C@H]1[C@@H](N)C[C@@](C)(NC(=O)OC(C)(C)C)C(=O)OCC. The Bertz CT molecular complexity index is 530. The minimum absolute atomic E-state index is 0.0803. The van der Waals surface area contributed by atoms with Gasteiger partial charge < -0.3 is 25.3 Å². The van der Waals surface area contributed by atoms with Crippen molar-refractivity contribution in [3.8, 4) is 0 Å². The highest BCUT2D eigenvalue weighted by Gasteiger charge is 2.50. The minimum Gasteiger partial charge on any atom is -0.466 e. The van der Waals surface area contributed by atoms with E-state index in [4.69, 9.17) is 19.9 Å². The van der Waals surface area contributed by atoms with Crippen LogP contribution < -0.4 is 11.1 Å². The van der Waals surface area contributed by atoms with Crippen molar-refractivity contribution in [2.45, 2.75) is 71.6 Å². The maximum Gasteiger partial charge on any atom is 0.408 e. The van der Waals surface area contributed by atoms with E-state index < -0.39 is 29.2 Å². The van der Waals surface area contributed by atoms with Crippen LogP contribution in [0, 0.1) is 11.8 Å². The quantitative estimate of drug-likeness (QED) is 0.492. The van der Waals surface area contributed by atoms with Crippen molar-refractivity contribution in [1.29, 1.82) is 0 Å². The lowest BCUT2D eigenvalue weighted by molar-refractivity contribution is -0.151. The van der Waals surface area contributed by atoms with E-state index in [1.165, 1.54) is 0 Å². The first kappa shape index (κ1) is 22.2. The van der Waals surface area contributed by atoms with Crippen molar-refractivity contribution in [2.24, 2.45) is 17.6 Å². The monoisotopic (exact) mass is 372 g/mol. The molecule has 1 amide bonds. The van der Waals surface area contributed by atoms with Crippen molar-refractivity contribution in [1.82, 2.24) is 5.32 Å². The number of esters is 2. The van der Waals surface area contributed by atoms with Crippen LogP contribution >= 0.6 is 0 Å². The molecule has 1 aliphatic rings. The summed E-state index contributed by atoms with van der Waals surface area (Å²) in [5.74, 6) is -1.19. The van der Waals surface area contributed by atoms with Crippen LogP contribution in [0.1, 0.15) is 54.4 Å². The molecule has 4 atom stereocenters. The predicted octanol–water partition coefficient (Wildman–Crippen LogP) is 1.75. The maximum atomic E-state index is 12.4. The van der Waals surface area contributed by atoms with Gasteiger partial charge in [0.05, 0.1) is 19.1 Å². The second-order valence-corrected chi connectivity index (χ2v) is 7.81. The molecule has 1 saturated carbocycles. The highest BCUT2D eigenvalue weighted by molar-refractivity contribution is 5.85. The van der Waals surface area contributed by atoms with Crippen LogP contribution in [0.15, 0.2) is 0 Å². The topological polar surface area (TPSA) is 117 Å². The fourth-order valence-corrected chi connectivity index (χ4v) is 2.84. The number of ether oxygens (including phenoxy) is 3.